The van der Waals surface area contributed by atoms with Crippen molar-refractivity contribution >= 4 is 23.4 Å². The quantitative estimate of drug-likeness (QED) is 0.854. The number of aliphatic hydroxyl groups is 1. The smallest absolute Gasteiger partial charge is 0.358 e. The van der Waals surface area contributed by atoms with Gasteiger partial charge in [0.2, 0.25) is 0 Å². The van der Waals surface area contributed by atoms with E-state index in [1.807, 2.05) is 29.2 Å². The highest BCUT2D eigenvalue weighted by Crippen LogP contribution is 2.29. The van der Waals surface area contributed by atoms with Gasteiger partial charge in [0.15, 0.2) is 11.5 Å². The fraction of sp³-hybridized carbons (Fsp3) is 0.353. The first-order valence-corrected chi connectivity index (χ1v) is 8.01. The van der Waals surface area contributed by atoms with Gasteiger partial charge in [0.1, 0.15) is 0 Å². The van der Waals surface area contributed by atoms with Crippen molar-refractivity contribution in [1.82, 2.24) is 10.2 Å². The van der Waals surface area contributed by atoms with Gasteiger partial charge in [0.05, 0.1) is 12.7 Å². The van der Waals surface area contributed by atoms with Gasteiger partial charge in [0, 0.05) is 24.5 Å². The minimum Gasteiger partial charge on any atom is -0.464 e. The predicted octanol–water partition coefficient (Wildman–Crippen LogP) is 2.10. The molecule has 1 saturated heterocycles. The molecule has 0 unspecified atom stereocenters. The lowest BCUT2D eigenvalue weighted by Crippen LogP contribution is -2.35. The zero-order valence-corrected chi connectivity index (χ0v) is 14.0. The van der Waals surface area contributed by atoms with Crippen LogP contribution in [0.25, 0.3) is 0 Å². The third kappa shape index (κ3) is 3.66. The van der Waals surface area contributed by atoms with Gasteiger partial charge in [-0.15, -0.1) is 10.2 Å². The number of anilines is 1. The lowest BCUT2D eigenvalue weighted by Gasteiger charge is -2.24. The van der Waals surface area contributed by atoms with Crippen molar-refractivity contribution < 1.29 is 14.6 Å². The molecule has 1 aromatic heterocycles. The number of hydrogen-bond donors (Lipinski definition) is 1. The maximum absolute atomic E-state index is 11.4. The summed E-state index contributed by atoms with van der Waals surface area (Å²) >= 11 is 6.00. The maximum atomic E-state index is 11.4. The van der Waals surface area contributed by atoms with E-state index in [0.29, 0.717) is 36.8 Å². The molecule has 0 bridgehead atoms. The van der Waals surface area contributed by atoms with Crippen LogP contribution in [0.5, 0.6) is 0 Å². The summed E-state index contributed by atoms with van der Waals surface area (Å²) in [6.07, 6.45) is 1.15. The first-order chi connectivity index (χ1) is 11.5. The van der Waals surface area contributed by atoms with Crippen molar-refractivity contribution in [2.24, 2.45) is 0 Å². The topological polar surface area (TPSA) is 75.5 Å². The summed E-state index contributed by atoms with van der Waals surface area (Å²) in [5.74, 6) is 0.109. The van der Waals surface area contributed by atoms with E-state index in [0.717, 1.165) is 5.56 Å². The second-order valence-corrected chi connectivity index (χ2v) is 6.41. The molecule has 1 N–H and O–H groups in total. The Bertz CT molecular complexity index is 738. The standard InChI is InChI=1S/C17H18ClN3O3/c1-24-16(22)14-5-6-15(20-19-14)21-8-7-17(23,11-21)10-12-3-2-4-13(18)9-12/h2-6,9,23H,7-8,10-11H2,1H3/t17-/m0/s1. The molecule has 1 atom stereocenters. The molecule has 2 heterocycles. The van der Waals surface area contributed by atoms with Crippen LogP contribution in [0.3, 0.4) is 0 Å². The van der Waals surface area contributed by atoms with Crippen LogP contribution in [0, 0.1) is 0 Å². The van der Waals surface area contributed by atoms with Gasteiger partial charge < -0.3 is 14.7 Å². The van der Waals surface area contributed by atoms with Gasteiger partial charge in [0.25, 0.3) is 0 Å². The maximum Gasteiger partial charge on any atom is 0.358 e. The van der Waals surface area contributed by atoms with Crippen LogP contribution in [0.2, 0.25) is 5.02 Å². The molecule has 1 aliphatic rings. The lowest BCUT2D eigenvalue weighted by atomic mass is 9.94. The fourth-order valence-corrected chi connectivity index (χ4v) is 3.14. The Morgan fingerprint density at radius 2 is 2.21 bits per heavy atom. The van der Waals surface area contributed by atoms with E-state index in [9.17, 15) is 9.90 Å². The molecule has 0 spiro atoms. The van der Waals surface area contributed by atoms with Gasteiger partial charge in [-0.1, -0.05) is 23.7 Å². The number of carbonyl (C=O) groups is 1. The number of benzene rings is 1. The minimum atomic E-state index is -0.840. The summed E-state index contributed by atoms with van der Waals surface area (Å²) < 4.78 is 4.60. The van der Waals surface area contributed by atoms with Gasteiger partial charge >= 0.3 is 5.97 Å². The molecule has 3 rings (SSSR count). The second kappa shape index (κ2) is 6.75. The summed E-state index contributed by atoms with van der Waals surface area (Å²) in [6.45, 7) is 1.12. The van der Waals surface area contributed by atoms with Crippen molar-refractivity contribution in [2.75, 3.05) is 25.1 Å². The highest BCUT2D eigenvalue weighted by atomic mass is 35.5. The second-order valence-electron chi connectivity index (χ2n) is 5.97. The highest BCUT2D eigenvalue weighted by molar-refractivity contribution is 6.30. The van der Waals surface area contributed by atoms with Gasteiger partial charge in [-0.3, -0.25) is 0 Å². The molecular weight excluding hydrogens is 330 g/mol. The van der Waals surface area contributed by atoms with E-state index < -0.39 is 11.6 Å². The van der Waals surface area contributed by atoms with Crippen LogP contribution < -0.4 is 4.90 Å². The Morgan fingerprint density at radius 3 is 2.88 bits per heavy atom. The molecule has 1 aromatic carbocycles. The number of rotatable bonds is 4. The van der Waals surface area contributed by atoms with Crippen LogP contribution in [0.1, 0.15) is 22.5 Å². The average molecular weight is 348 g/mol. The van der Waals surface area contributed by atoms with Crippen LogP contribution in [0.4, 0.5) is 5.82 Å². The average Bonchev–Trinajstić information content (AvgIpc) is 2.96. The van der Waals surface area contributed by atoms with Crippen molar-refractivity contribution in [2.45, 2.75) is 18.4 Å². The van der Waals surface area contributed by atoms with Crippen molar-refractivity contribution in [1.29, 1.82) is 0 Å². The molecule has 126 valence electrons. The molecule has 6 nitrogen and oxygen atoms in total. The number of carbonyl (C=O) groups excluding carboxylic acids is 1. The summed E-state index contributed by atoms with van der Waals surface area (Å²) in [6, 6.07) is 10.8. The van der Waals surface area contributed by atoms with E-state index >= 15 is 0 Å². The third-order valence-electron chi connectivity index (χ3n) is 4.12. The molecule has 0 amide bonds. The number of aromatic nitrogens is 2. The number of ether oxygens (including phenoxy) is 1. The molecule has 0 saturated carbocycles. The molecule has 0 radical (unpaired) electrons. The van der Waals surface area contributed by atoms with Crippen molar-refractivity contribution in [3.05, 3.63) is 52.7 Å². The summed E-state index contributed by atoms with van der Waals surface area (Å²) in [4.78, 5) is 13.3. The molecule has 24 heavy (non-hydrogen) atoms. The Morgan fingerprint density at radius 1 is 1.38 bits per heavy atom. The van der Waals surface area contributed by atoms with Gasteiger partial charge in [-0.05, 0) is 36.2 Å². The molecule has 2 aromatic rings. The first kappa shape index (κ1) is 16.7. The Labute approximate surface area is 145 Å². The van der Waals surface area contributed by atoms with Crippen molar-refractivity contribution in [3.8, 4) is 0 Å². The van der Waals surface area contributed by atoms with Crippen LogP contribution in [-0.4, -0.2) is 47.1 Å². The minimum absolute atomic E-state index is 0.162. The highest BCUT2D eigenvalue weighted by Gasteiger charge is 2.37. The number of β-amino-alcohol motifs (C(OH)–C–C–N with tert-alkyl or cyclic N) is 1. The Hall–Kier alpha value is -2.18. The molecule has 7 heteroatoms. The molecule has 0 aliphatic carbocycles. The summed E-state index contributed by atoms with van der Waals surface area (Å²) in [7, 11) is 1.30. The van der Waals surface area contributed by atoms with Crippen molar-refractivity contribution in [3.63, 3.8) is 0 Å². The lowest BCUT2D eigenvalue weighted by molar-refractivity contribution is 0.0591. The number of halogens is 1. The Balaban J connectivity index is 1.69. The van der Waals surface area contributed by atoms with E-state index in [1.54, 1.807) is 12.1 Å². The number of nitrogens with zero attached hydrogens (tertiary/aromatic N) is 3. The zero-order valence-electron chi connectivity index (χ0n) is 13.3. The number of esters is 1. The first-order valence-electron chi connectivity index (χ1n) is 7.63. The molecular formula is C17H18ClN3O3. The largest absolute Gasteiger partial charge is 0.464 e. The zero-order chi connectivity index (χ0) is 17.2. The Kier molecular flexibility index (Phi) is 4.69. The van der Waals surface area contributed by atoms with E-state index in [-0.39, 0.29) is 5.69 Å². The van der Waals surface area contributed by atoms with E-state index in [2.05, 4.69) is 14.9 Å². The van der Waals surface area contributed by atoms with E-state index in [1.165, 1.54) is 7.11 Å². The van der Waals surface area contributed by atoms with Gasteiger partial charge in [-0.2, -0.15) is 0 Å². The number of hydrogen-bond acceptors (Lipinski definition) is 6. The summed E-state index contributed by atoms with van der Waals surface area (Å²) in [5, 5.41) is 19.4. The molecule has 1 fully saturated rings. The SMILES string of the molecule is COC(=O)c1ccc(N2CC[C@](O)(Cc3cccc(Cl)c3)C2)nn1. The van der Waals surface area contributed by atoms with Crippen LogP contribution >= 0.6 is 11.6 Å². The van der Waals surface area contributed by atoms with E-state index in [4.69, 9.17) is 11.6 Å². The number of methoxy groups -OCH3 is 1. The van der Waals surface area contributed by atoms with Crippen LogP contribution in [0.15, 0.2) is 36.4 Å². The third-order valence-corrected chi connectivity index (χ3v) is 4.36. The summed E-state index contributed by atoms with van der Waals surface area (Å²) in [5.41, 5.74) is 0.321. The predicted molar refractivity (Wildman–Crippen MR) is 90.3 cm³/mol. The van der Waals surface area contributed by atoms with Gasteiger partial charge in [-0.25, -0.2) is 4.79 Å². The monoisotopic (exact) mass is 347 g/mol. The van der Waals surface area contributed by atoms with Crippen LogP contribution in [-0.2, 0) is 11.2 Å². The normalized spacial score (nSPS) is 20.2. The molecule has 1 aliphatic heterocycles. The fourth-order valence-electron chi connectivity index (χ4n) is 2.93.